The Kier molecular flexibility index (Phi) is 1.32. The molecular weight excluding hydrogens is 136 g/mol. The zero-order chi connectivity index (χ0) is 7.68. The summed E-state index contributed by atoms with van der Waals surface area (Å²) in [4.78, 5) is 7.99. The summed E-state index contributed by atoms with van der Waals surface area (Å²) in [6.07, 6.45) is 8.28. The van der Waals surface area contributed by atoms with Crippen molar-refractivity contribution in [3.8, 4) is 0 Å². The van der Waals surface area contributed by atoms with Gasteiger partial charge < -0.3 is 0 Å². The van der Waals surface area contributed by atoms with Crippen LogP contribution in [0.1, 0.15) is 5.56 Å². The summed E-state index contributed by atoms with van der Waals surface area (Å²) in [6, 6.07) is 1.91. The third-order valence-corrected chi connectivity index (χ3v) is 1.69. The fourth-order valence-electron chi connectivity index (χ4n) is 1.07. The van der Waals surface area contributed by atoms with Gasteiger partial charge in [-0.1, -0.05) is 0 Å². The van der Waals surface area contributed by atoms with E-state index < -0.39 is 0 Å². The van der Waals surface area contributed by atoms with Crippen LogP contribution in [-0.4, -0.2) is 9.97 Å². The lowest BCUT2D eigenvalue weighted by atomic mass is 10.1. The summed E-state index contributed by atoms with van der Waals surface area (Å²) in [6.45, 7) is 2.02. The van der Waals surface area contributed by atoms with Crippen molar-refractivity contribution in [2.24, 2.45) is 0 Å². The maximum atomic E-state index is 4.03. The van der Waals surface area contributed by atoms with E-state index in [1.807, 2.05) is 19.2 Å². The number of fused-ring (bicyclic) bond motifs is 1. The summed E-state index contributed by atoms with van der Waals surface area (Å²) in [7, 11) is 0. The normalized spacial score (nSPS) is 10.3. The summed E-state index contributed by atoms with van der Waals surface area (Å²) in [5.74, 6) is 0. The Morgan fingerprint density at radius 3 is 3.09 bits per heavy atom. The topological polar surface area (TPSA) is 25.8 Å². The molecule has 2 rings (SSSR count). The molecule has 0 N–H and O–H groups in total. The molecule has 0 aliphatic carbocycles. The molecule has 11 heavy (non-hydrogen) atoms. The minimum Gasteiger partial charge on any atom is -0.264 e. The summed E-state index contributed by atoms with van der Waals surface area (Å²) >= 11 is 0. The van der Waals surface area contributed by atoms with Gasteiger partial charge >= 0.3 is 0 Å². The number of rotatable bonds is 0. The highest BCUT2D eigenvalue weighted by atomic mass is 14.6. The maximum Gasteiger partial charge on any atom is 0.0972 e. The molecule has 0 aromatic carbocycles. The van der Waals surface area contributed by atoms with Crippen molar-refractivity contribution >= 4 is 10.8 Å². The van der Waals surface area contributed by atoms with Crippen LogP contribution >= 0.6 is 0 Å². The standard InChI is InChI=1S/C9H7N2/c1-7-4-11-5-8-2-3-10-6-9(7)8/h2-4,6H,1H3. The van der Waals surface area contributed by atoms with Crippen molar-refractivity contribution in [3.05, 3.63) is 36.4 Å². The molecule has 53 valence electrons. The lowest BCUT2D eigenvalue weighted by Gasteiger charge is -1.96. The lowest BCUT2D eigenvalue weighted by molar-refractivity contribution is 1.27. The average Bonchev–Trinajstić information content (AvgIpc) is 2.06. The molecule has 2 aromatic rings. The van der Waals surface area contributed by atoms with Crippen LogP contribution in [0.5, 0.6) is 0 Å². The minimum absolute atomic E-state index is 1.03. The van der Waals surface area contributed by atoms with Gasteiger partial charge in [0.05, 0.1) is 6.20 Å². The molecule has 2 aromatic heterocycles. The lowest BCUT2D eigenvalue weighted by Crippen LogP contribution is -1.81. The summed E-state index contributed by atoms with van der Waals surface area (Å²) in [5, 5.41) is 2.16. The Hall–Kier alpha value is -1.44. The Morgan fingerprint density at radius 2 is 2.27 bits per heavy atom. The van der Waals surface area contributed by atoms with Crippen LogP contribution in [0.3, 0.4) is 0 Å². The zero-order valence-electron chi connectivity index (χ0n) is 6.20. The van der Waals surface area contributed by atoms with E-state index in [-0.39, 0.29) is 0 Å². The molecule has 2 heterocycles. The molecule has 0 atom stereocenters. The predicted molar refractivity (Wildman–Crippen MR) is 43.1 cm³/mol. The van der Waals surface area contributed by atoms with Gasteiger partial charge in [-0.2, -0.15) is 0 Å². The maximum absolute atomic E-state index is 4.03. The van der Waals surface area contributed by atoms with Crippen molar-refractivity contribution in [2.45, 2.75) is 6.92 Å². The number of nitrogens with zero attached hydrogens (tertiary/aromatic N) is 2. The minimum atomic E-state index is 1.03. The number of aromatic nitrogens is 2. The highest BCUT2D eigenvalue weighted by Gasteiger charge is 1.94. The van der Waals surface area contributed by atoms with Crippen LogP contribution < -0.4 is 0 Å². The Labute approximate surface area is 64.9 Å². The molecule has 2 nitrogen and oxygen atoms in total. The summed E-state index contributed by atoms with van der Waals surface area (Å²) in [5.41, 5.74) is 1.15. The molecule has 0 fully saturated rings. The number of hydrogen-bond donors (Lipinski definition) is 0. The van der Waals surface area contributed by atoms with Crippen molar-refractivity contribution in [1.29, 1.82) is 0 Å². The van der Waals surface area contributed by atoms with Gasteiger partial charge in [-0.25, -0.2) is 0 Å². The van der Waals surface area contributed by atoms with Crippen LogP contribution in [0.25, 0.3) is 10.8 Å². The second kappa shape index (κ2) is 2.31. The Morgan fingerprint density at radius 1 is 1.36 bits per heavy atom. The van der Waals surface area contributed by atoms with Gasteiger partial charge in [0.2, 0.25) is 0 Å². The third kappa shape index (κ3) is 0.963. The molecule has 2 heteroatoms. The molecule has 0 aliphatic heterocycles. The number of pyridine rings is 2. The Balaban J connectivity index is 2.91. The quantitative estimate of drug-likeness (QED) is 0.561. The van der Waals surface area contributed by atoms with Gasteiger partial charge in [0.1, 0.15) is 0 Å². The highest BCUT2D eigenvalue weighted by molar-refractivity contribution is 5.82. The van der Waals surface area contributed by atoms with Crippen LogP contribution in [0, 0.1) is 13.1 Å². The van der Waals surface area contributed by atoms with E-state index in [1.54, 1.807) is 12.4 Å². The molecule has 0 unspecified atom stereocenters. The highest BCUT2D eigenvalue weighted by Crippen LogP contribution is 2.13. The van der Waals surface area contributed by atoms with Gasteiger partial charge in [-0.3, -0.25) is 9.97 Å². The molecule has 1 radical (unpaired) electrons. The smallest absolute Gasteiger partial charge is 0.0972 e. The van der Waals surface area contributed by atoms with Crippen molar-refractivity contribution in [2.75, 3.05) is 0 Å². The van der Waals surface area contributed by atoms with E-state index in [2.05, 4.69) is 16.2 Å². The second-order valence-electron chi connectivity index (χ2n) is 2.47. The molecule has 0 aliphatic rings. The van der Waals surface area contributed by atoms with Crippen molar-refractivity contribution in [3.63, 3.8) is 0 Å². The van der Waals surface area contributed by atoms with E-state index in [9.17, 15) is 0 Å². The largest absolute Gasteiger partial charge is 0.264 e. The summed E-state index contributed by atoms with van der Waals surface area (Å²) < 4.78 is 0. The first-order valence-corrected chi connectivity index (χ1v) is 3.45. The van der Waals surface area contributed by atoms with Crippen molar-refractivity contribution < 1.29 is 0 Å². The van der Waals surface area contributed by atoms with Crippen molar-refractivity contribution in [1.82, 2.24) is 9.97 Å². The average molecular weight is 143 g/mol. The van der Waals surface area contributed by atoms with E-state index in [1.165, 1.54) is 0 Å². The first kappa shape index (κ1) is 6.28. The van der Waals surface area contributed by atoms with Gasteiger partial charge in [0, 0.05) is 29.4 Å². The number of aryl methyl sites for hydroxylation is 1. The fraction of sp³-hybridized carbons (Fsp3) is 0.111. The third-order valence-electron chi connectivity index (χ3n) is 1.69. The predicted octanol–water partition coefficient (Wildman–Crippen LogP) is 1.74. The van der Waals surface area contributed by atoms with Crippen LogP contribution in [0.2, 0.25) is 0 Å². The molecule has 0 spiro atoms. The molecule has 0 saturated heterocycles. The first-order chi connectivity index (χ1) is 5.38. The monoisotopic (exact) mass is 143 g/mol. The SMILES string of the molecule is Cc1cn[c]c2ccncc12. The van der Waals surface area contributed by atoms with E-state index in [0.29, 0.717) is 0 Å². The van der Waals surface area contributed by atoms with E-state index in [4.69, 9.17) is 0 Å². The Bertz CT molecular complexity index is 377. The van der Waals surface area contributed by atoms with Gasteiger partial charge in [0.25, 0.3) is 0 Å². The van der Waals surface area contributed by atoms with Gasteiger partial charge in [-0.15, -0.1) is 0 Å². The molecule has 0 amide bonds. The van der Waals surface area contributed by atoms with Crippen LogP contribution in [0.4, 0.5) is 0 Å². The van der Waals surface area contributed by atoms with Crippen LogP contribution in [-0.2, 0) is 0 Å². The molecule has 0 bridgehead atoms. The van der Waals surface area contributed by atoms with Gasteiger partial charge in [0.15, 0.2) is 0 Å². The molecular formula is C9H7N2. The van der Waals surface area contributed by atoms with E-state index >= 15 is 0 Å². The fourth-order valence-corrected chi connectivity index (χ4v) is 1.07. The van der Waals surface area contributed by atoms with Crippen LogP contribution in [0.15, 0.2) is 24.7 Å². The number of hydrogen-bond acceptors (Lipinski definition) is 2. The van der Waals surface area contributed by atoms with E-state index in [0.717, 1.165) is 16.3 Å². The second-order valence-corrected chi connectivity index (χ2v) is 2.47. The van der Waals surface area contributed by atoms with Gasteiger partial charge in [-0.05, 0) is 18.6 Å². The zero-order valence-corrected chi connectivity index (χ0v) is 6.20. The molecule has 0 saturated carbocycles. The first-order valence-electron chi connectivity index (χ1n) is 3.45.